The molecule has 0 bridgehead atoms. The van der Waals surface area contributed by atoms with Crippen molar-refractivity contribution in [2.45, 2.75) is 52.5 Å². The zero-order valence-corrected chi connectivity index (χ0v) is 14.2. The number of aryl methyl sites for hydroxylation is 1. The van der Waals surface area contributed by atoms with E-state index in [0.717, 1.165) is 22.0 Å². The van der Waals surface area contributed by atoms with Crippen LogP contribution in [-0.2, 0) is 0 Å². The monoisotopic (exact) mass is 337 g/mol. The molecule has 1 fully saturated rings. The molecule has 0 spiro atoms. The molecule has 1 aromatic rings. The zero-order valence-electron chi connectivity index (χ0n) is 12.6. The van der Waals surface area contributed by atoms with Crippen molar-refractivity contribution in [3.63, 3.8) is 0 Å². The Bertz CT molecular complexity index is 464. The highest BCUT2D eigenvalue weighted by Crippen LogP contribution is 2.30. The molecule has 1 N–H and O–H groups in total. The van der Waals surface area contributed by atoms with E-state index < -0.39 is 0 Å². The summed E-state index contributed by atoms with van der Waals surface area (Å²) in [5, 5.41) is 3.26. The van der Waals surface area contributed by atoms with E-state index >= 15 is 0 Å². The average Bonchev–Trinajstić information content (AvgIpc) is 2.37. The molecular weight excluding hydrogens is 314 g/mol. The normalized spacial score (nSPS) is 22.9. The lowest BCUT2D eigenvalue weighted by atomic mass is 9.78. The molecule has 20 heavy (non-hydrogen) atoms. The number of benzene rings is 1. The highest BCUT2D eigenvalue weighted by molar-refractivity contribution is 9.10. The third-order valence-corrected chi connectivity index (χ3v) is 4.75. The Hall–Kier alpha value is -0.830. The smallest absolute Gasteiger partial charge is 0.251 e. The quantitative estimate of drug-likeness (QED) is 0.850. The standard InChI is InChI=1S/C17H24BrNO/c1-11(2)15-6-4-5-7-16(15)19-17(20)13-8-12(3)9-14(18)10-13/h8-11,15-16H,4-7H2,1-3H3,(H,19,20). The lowest BCUT2D eigenvalue weighted by Crippen LogP contribution is -2.43. The van der Waals surface area contributed by atoms with Gasteiger partial charge in [-0.05, 0) is 55.4 Å². The Labute approximate surface area is 130 Å². The zero-order chi connectivity index (χ0) is 14.7. The number of carbonyl (C=O) groups is 1. The van der Waals surface area contributed by atoms with Gasteiger partial charge in [-0.15, -0.1) is 0 Å². The summed E-state index contributed by atoms with van der Waals surface area (Å²) < 4.78 is 0.965. The molecule has 2 unspecified atom stereocenters. The fourth-order valence-corrected chi connectivity index (χ4v) is 3.86. The molecule has 1 aliphatic carbocycles. The summed E-state index contributed by atoms with van der Waals surface area (Å²) in [7, 11) is 0. The molecule has 1 saturated carbocycles. The van der Waals surface area contributed by atoms with Gasteiger partial charge in [-0.3, -0.25) is 4.79 Å². The molecule has 2 rings (SSSR count). The minimum atomic E-state index is 0.0620. The van der Waals surface area contributed by atoms with Gasteiger partial charge in [0.25, 0.3) is 5.91 Å². The molecule has 1 aliphatic rings. The molecular formula is C17H24BrNO. The van der Waals surface area contributed by atoms with E-state index in [4.69, 9.17) is 0 Å². The van der Waals surface area contributed by atoms with E-state index in [0.29, 0.717) is 17.9 Å². The molecule has 0 saturated heterocycles. The number of amides is 1. The summed E-state index contributed by atoms with van der Waals surface area (Å²) in [5.41, 5.74) is 1.86. The summed E-state index contributed by atoms with van der Waals surface area (Å²) in [4.78, 5) is 12.5. The van der Waals surface area contributed by atoms with Crippen LogP contribution in [0, 0.1) is 18.8 Å². The van der Waals surface area contributed by atoms with E-state index in [-0.39, 0.29) is 5.91 Å². The van der Waals surface area contributed by atoms with Gasteiger partial charge in [-0.1, -0.05) is 42.6 Å². The van der Waals surface area contributed by atoms with Crippen LogP contribution in [0.5, 0.6) is 0 Å². The van der Waals surface area contributed by atoms with Gasteiger partial charge in [0.05, 0.1) is 0 Å². The van der Waals surface area contributed by atoms with Crippen LogP contribution in [0.4, 0.5) is 0 Å². The van der Waals surface area contributed by atoms with E-state index in [2.05, 4.69) is 35.1 Å². The lowest BCUT2D eigenvalue weighted by molar-refractivity contribution is 0.0889. The maximum Gasteiger partial charge on any atom is 0.251 e. The first-order valence-electron chi connectivity index (χ1n) is 7.55. The largest absolute Gasteiger partial charge is 0.349 e. The second kappa shape index (κ2) is 6.75. The summed E-state index contributed by atoms with van der Waals surface area (Å²) >= 11 is 3.46. The number of carbonyl (C=O) groups excluding carboxylic acids is 1. The minimum Gasteiger partial charge on any atom is -0.349 e. The van der Waals surface area contributed by atoms with E-state index in [1.165, 1.54) is 19.3 Å². The van der Waals surface area contributed by atoms with Crippen molar-refractivity contribution in [1.29, 1.82) is 0 Å². The van der Waals surface area contributed by atoms with E-state index in [1.807, 2.05) is 25.1 Å². The number of halogens is 1. The van der Waals surface area contributed by atoms with Crippen LogP contribution in [0.3, 0.4) is 0 Å². The summed E-state index contributed by atoms with van der Waals surface area (Å²) in [6.45, 7) is 6.54. The topological polar surface area (TPSA) is 29.1 Å². The molecule has 2 nitrogen and oxygen atoms in total. The highest BCUT2D eigenvalue weighted by Gasteiger charge is 2.28. The van der Waals surface area contributed by atoms with Crippen molar-refractivity contribution in [2.24, 2.45) is 11.8 Å². The third kappa shape index (κ3) is 3.85. The molecule has 2 atom stereocenters. The fraction of sp³-hybridized carbons (Fsp3) is 0.588. The average molecular weight is 338 g/mol. The highest BCUT2D eigenvalue weighted by atomic mass is 79.9. The molecule has 0 aromatic heterocycles. The second-order valence-electron chi connectivity index (χ2n) is 6.29. The van der Waals surface area contributed by atoms with Gasteiger partial charge >= 0.3 is 0 Å². The Kier molecular flexibility index (Phi) is 5.25. The Morgan fingerprint density at radius 3 is 2.60 bits per heavy atom. The molecule has 0 heterocycles. The van der Waals surface area contributed by atoms with Gasteiger partial charge in [0.2, 0.25) is 0 Å². The molecule has 3 heteroatoms. The first-order chi connectivity index (χ1) is 9.47. The first kappa shape index (κ1) is 15.6. The van der Waals surface area contributed by atoms with Crippen LogP contribution in [0.15, 0.2) is 22.7 Å². The summed E-state index contributed by atoms with van der Waals surface area (Å²) in [6, 6.07) is 6.20. The molecule has 110 valence electrons. The number of hydrogen-bond acceptors (Lipinski definition) is 1. The van der Waals surface area contributed by atoms with Gasteiger partial charge in [-0.25, -0.2) is 0 Å². The van der Waals surface area contributed by atoms with Gasteiger partial charge in [-0.2, -0.15) is 0 Å². The Morgan fingerprint density at radius 2 is 1.95 bits per heavy atom. The SMILES string of the molecule is Cc1cc(Br)cc(C(=O)NC2CCCCC2C(C)C)c1. The predicted molar refractivity (Wildman–Crippen MR) is 86.9 cm³/mol. The Balaban J connectivity index is 2.09. The third-order valence-electron chi connectivity index (χ3n) is 4.30. The lowest BCUT2D eigenvalue weighted by Gasteiger charge is -2.35. The van der Waals surface area contributed by atoms with Crippen LogP contribution in [0.1, 0.15) is 55.5 Å². The van der Waals surface area contributed by atoms with Gasteiger partial charge in [0, 0.05) is 16.1 Å². The fourth-order valence-electron chi connectivity index (χ4n) is 3.26. The summed E-state index contributed by atoms with van der Waals surface area (Å²) in [5.74, 6) is 1.30. The Morgan fingerprint density at radius 1 is 1.25 bits per heavy atom. The van der Waals surface area contributed by atoms with Crippen molar-refractivity contribution in [3.8, 4) is 0 Å². The predicted octanol–water partition coefficient (Wildman–Crippen LogP) is 4.70. The molecule has 1 amide bonds. The number of rotatable bonds is 3. The van der Waals surface area contributed by atoms with Crippen molar-refractivity contribution < 1.29 is 4.79 Å². The first-order valence-corrected chi connectivity index (χ1v) is 8.34. The second-order valence-corrected chi connectivity index (χ2v) is 7.21. The van der Waals surface area contributed by atoms with Crippen LogP contribution in [0.25, 0.3) is 0 Å². The number of hydrogen-bond donors (Lipinski definition) is 1. The van der Waals surface area contributed by atoms with Gasteiger partial charge in [0.15, 0.2) is 0 Å². The van der Waals surface area contributed by atoms with Crippen molar-refractivity contribution in [3.05, 3.63) is 33.8 Å². The van der Waals surface area contributed by atoms with Crippen molar-refractivity contribution in [1.82, 2.24) is 5.32 Å². The minimum absolute atomic E-state index is 0.0620. The summed E-state index contributed by atoms with van der Waals surface area (Å²) in [6.07, 6.45) is 4.87. The van der Waals surface area contributed by atoms with Gasteiger partial charge in [0.1, 0.15) is 0 Å². The van der Waals surface area contributed by atoms with E-state index in [9.17, 15) is 4.79 Å². The molecule has 0 aliphatic heterocycles. The van der Waals surface area contributed by atoms with E-state index in [1.54, 1.807) is 0 Å². The van der Waals surface area contributed by atoms with Gasteiger partial charge < -0.3 is 5.32 Å². The van der Waals surface area contributed by atoms with Crippen LogP contribution >= 0.6 is 15.9 Å². The number of nitrogens with one attached hydrogen (secondary N) is 1. The van der Waals surface area contributed by atoms with Crippen LogP contribution in [0.2, 0.25) is 0 Å². The van der Waals surface area contributed by atoms with Crippen molar-refractivity contribution >= 4 is 21.8 Å². The maximum absolute atomic E-state index is 12.5. The van der Waals surface area contributed by atoms with Crippen LogP contribution in [-0.4, -0.2) is 11.9 Å². The maximum atomic E-state index is 12.5. The molecule has 0 radical (unpaired) electrons. The van der Waals surface area contributed by atoms with Crippen LogP contribution < -0.4 is 5.32 Å². The molecule has 1 aromatic carbocycles. The van der Waals surface area contributed by atoms with Crippen molar-refractivity contribution in [2.75, 3.05) is 0 Å².